The Labute approximate surface area is 169 Å². The van der Waals surface area contributed by atoms with Crippen LogP contribution in [0.5, 0.6) is 11.5 Å². The van der Waals surface area contributed by atoms with Gasteiger partial charge in [-0.05, 0) is 65.7 Å². The minimum Gasteiger partial charge on any atom is -0.488 e. The van der Waals surface area contributed by atoms with Gasteiger partial charge in [-0.3, -0.25) is 0 Å². The summed E-state index contributed by atoms with van der Waals surface area (Å²) in [6.07, 6.45) is 2.53. The number of rotatable bonds is 11. The molecule has 1 rings (SSSR count). The van der Waals surface area contributed by atoms with Crippen LogP contribution in [0.2, 0.25) is 0 Å². The summed E-state index contributed by atoms with van der Waals surface area (Å²) in [4.78, 5) is 0. The normalized spacial score (nSPS) is 11.8. The van der Waals surface area contributed by atoms with Gasteiger partial charge in [0.25, 0.3) is 0 Å². The van der Waals surface area contributed by atoms with Crippen molar-refractivity contribution in [3.63, 3.8) is 0 Å². The Hall–Kier alpha value is -0.830. The van der Waals surface area contributed by atoms with E-state index in [9.17, 15) is 5.11 Å². The minimum atomic E-state index is -0.418. The summed E-state index contributed by atoms with van der Waals surface area (Å²) in [7, 11) is 2.42. The van der Waals surface area contributed by atoms with Crippen molar-refractivity contribution in [3.05, 3.63) is 23.8 Å². The molecule has 0 aliphatic carbocycles. The standard InChI is InChI=1S/C21H36O4.CH5P/c1-8-17-13-18(24-20(4,5)9-11-22)15-19(14-17)25-21(6,7)10-12-23-16(2)3;1-2/h13-16,22H,8-12H2,1-7H3;2H2,1H3. The van der Waals surface area contributed by atoms with Crippen molar-refractivity contribution in [2.45, 2.75) is 85.0 Å². The van der Waals surface area contributed by atoms with Crippen LogP contribution in [0.25, 0.3) is 0 Å². The first kappa shape index (κ1) is 26.2. The molecule has 1 N–H and O–H groups in total. The zero-order valence-corrected chi connectivity index (χ0v) is 19.7. The monoisotopic (exact) mass is 400 g/mol. The topological polar surface area (TPSA) is 47.9 Å². The lowest BCUT2D eigenvalue weighted by Crippen LogP contribution is -2.31. The third kappa shape index (κ3) is 11.6. The second-order valence-electron chi connectivity index (χ2n) is 8.03. The molecule has 4 nitrogen and oxygen atoms in total. The summed E-state index contributed by atoms with van der Waals surface area (Å²) in [5.74, 6) is 1.59. The molecule has 1 aromatic carbocycles. The maximum atomic E-state index is 9.19. The van der Waals surface area contributed by atoms with Gasteiger partial charge in [0.05, 0.1) is 12.7 Å². The van der Waals surface area contributed by atoms with Gasteiger partial charge in [-0.1, -0.05) is 13.6 Å². The fourth-order valence-corrected chi connectivity index (χ4v) is 2.50. The number of hydrogen-bond donors (Lipinski definition) is 1. The summed E-state index contributed by atoms with van der Waals surface area (Å²) < 4.78 is 18.0. The van der Waals surface area contributed by atoms with Crippen molar-refractivity contribution >= 4 is 9.24 Å². The highest BCUT2D eigenvalue weighted by molar-refractivity contribution is 7.15. The molecule has 0 spiro atoms. The van der Waals surface area contributed by atoms with E-state index in [1.807, 2.05) is 46.5 Å². The smallest absolute Gasteiger partial charge is 0.124 e. The molecule has 0 aliphatic heterocycles. The van der Waals surface area contributed by atoms with Crippen molar-refractivity contribution in [2.75, 3.05) is 19.9 Å². The summed E-state index contributed by atoms with van der Waals surface area (Å²) in [5, 5.41) is 9.19. The second kappa shape index (κ2) is 12.6. The lowest BCUT2D eigenvalue weighted by molar-refractivity contribution is 0.0227. The molecule has 1 atom stereocenters. The molecule has 0 radical (unpaired) electrons. The number of aliphatic hydroxyl groups is 1. The largest absolute Gasteiger partial charge is 0.488 e. The van der Waals surface area contributed by atoms with E-state index in [4.69, 9.17) is 14.2 Å². The minimum absolute atomic E-state index is 0.104. The van der Waals surface area contributed by atoms with Gasteiger partial charge in [-0.15, -0.1) is 9.24 Å². The van der Waals surface area contributed by atoms with Crippen molar-refractivity contribution in [3.8, 4) is 11.5 Å². The van der Waals surface area contributed by atoms with E-state index in [0.29, 0.717) is 13.0 Å². The van der Waals surface area contributed by atoms with E-state index in [1.54, 1.807) is 0 Å². The Balaban J connectivity index is 0.00000326. The molecule has 158 valence electrons. The van der Waals surface area contributed by atoms with Crippen LogP contribution in [0.15, 0.2) is 18.2 Å². The summed E-state index contributed by atoms with van der Waals surface area (Å²) in [6.45, 7) is 17.0. The van der Waals surface area contributed by atoms with Crippen LogP contribution in [-0.2, 0) is 11.2 Å². The number of benzene rings is 1. The first-order valence-corrected chi connectivity index (χ1v) is 11.0. The molecule has 0 aliphatic rings. The van der Waals surface area contributed by atoms with Crippen LogP contribution in [0.1, 0.15) is 66.9 Å². The third-order valence-electron chi connectivity index (χ3n) is 4.01. The van der Waals surface area contributed by atoms with Crippen LogP contribution >= 0.6 is 9.24 Å². The maximum Gasteiger partial charge on any atom is 0.124 e. The molecule has 0 saturated heterocycles. The number of aryl methyl sites for hydroxylation is 1. The molecule has 27 heavy (non-hydrogen) atoms. The van der Waals surface area contributed by atoms with Gasteiger partial charge in [0.1, 0.15) is 22.7 Å². The van der Waals surface area contributed by atoms with Crippen molar-refractivity contribution < 1.29 is 19.3 Å². The summed E-state index contributed by atoms with van der Waals surface area (Å²) in [6, 6.07) is 6.04. The Morgan fingerprint density at radius 3 is 1.81 bits per heavy atom. The molecule has 0 amide bonds. The summed E-state index contributed by atoms with van der Waals surface area (Å²) >= 11 is 0. The van der Waals surface area contributed by atoms with E-state index in [1.165, 1.54) is 5.56 Å². The Kier molecular flexibility index (Phi) is 12.2. The average Bonchev–Trinajstić information content (AvgIpc) is 2.54. The molecule has 0 heterocycles. The van der Waals surface area contributed by atoms with Gasteiger partial charge in [-0.2, -0.15) is 0 Å². The van der Waals surface area contributed by atoms with Crippen molar-refractivity contribution in [1.82, 2.24) is 0 Å². The van der Waals surface area contributed by atoms with E-state index >= 15 is 0 Å². The highest BCUT2D eigenvalue weighted by Crippen LogP contribution is 2.30. The molecular weight excluding hydrogens is 359 g/mol. The van der Waals surface area contributed by atoms with Crippen molar-refractivity contribution in [2.24, 2.45) is 0 Å². The first-order valence-electron chi connectivity index (χ1n) is 9.89. The molecule has 0 aromatic heterocycles. The lowest BCUT2D eigenvalue weighted by Gasteiger charge is -2.29. The SMILES string of the molecule is CCc1cc(OC(C)(C)CCO)cc(OC(C)(C)CCOC(C)C)c1.CP. The molecule has 1 unspecified atom stereocenters. The van der Waals surface area contributed by atoms with Crippen LogP contribution in [0.3, 0.4) is 0 Å². The van der Waals surface area contributed by atoms with E-state index in [-0.39, 0.29) is 18.3 Å². The zero-order valence-electron chi connectivity index (χ0n) is 18.6. The number of hydrogen-bond acceptors (Lipinski definition) is 4. The van der Waals surface area contributed by atoms with Gasteiger partial charge in [-0.25, -0.2) is 0 Å². The Morgan fingerprint density at radius 2 is 1.41 bits per heavy atom. The molecule has 1 aromatic rings. The van der Waals surface area contributed by atoms with Crippen LogP contribution in [0, 0.1) is 0 Å². The molecule has 0 bridgehead atoms. The molecule has 0 fully saturated rings. The Morgan fingerprint density at radius 1 is 0.926 bits per heavy atom. The molecular formula is C22H41O4P. The quantitative estimate of drug-likeness (QED) is 0.515. The highest BCUT2D eigenvalue weighted by atomic mass is 31.0. The van der Waals surface area contributed by atoms with Gasteiger partial charge >= 0.3 is 0 Å². The summed E-state index contributed by atoms with van der Waals surface area (Å²) in [5.41, 5.74) is 0.430. The lowest BCUT2D eigenvalue weighted by atomic mass is 10.0. The van der Waals surface area contributed by atoms with E-state index in [0.717, 1.165) is 24.3 Å². The van der Waals surface area contributed by atoms with Crippen molar-refractivity contribution in [1.29, 1.82) is 0 Å². The maximum absolute atomic E-state index is 9.19. The van der Waals surface area contributed by atoms with Gasteiger partial charge in [0.15, 0.2) is 0 Å². The number of ether oxygens (including phenoxy) is 3. The fourth-order valence-electron chi connectivity index (χ4n) is 2.50. The molecule has 0 saturated carbocycles. The highest BCUT2D eigenvalue weighted by Gasteiger charge is 2.22. The van der Waals surface area contributed by atoms with E-state index < -0.39 is 5.60 Å². The van der Waals surface area contributed by atoms with Gasteiger partial charge < -0.3 is 19.3 Å². The average molecular weight is 401 g/mol. The Bertz CT molecular complexity index is 527. The third-order valence-corrected chi connectivity index (χ3v) is 4.01. The second-order valence-corrected chi connectivity index (χ2v) is 8.03. The zero-order chi connectivity index (χ0) is 21.1. The van der Waals surface area contributed by atoms with Crippen LogP contribution in [-0.4, -0.2) is 42.3 Å². The predicted molar refractivity (Wildman–Crippen MR) is 118 cm³/mol. The van der Waals surface area contributed by atoms with E-state index in [2.05, 4.69) is 36.1 Å². The predicted octanol–water partition coefficient (Wildman–Crippen LogP) is 5.25. The fraction of sp³-hybridized carbons (Fsp3) is 0.727. The first-order chi connectivity index (χ1) is 12.6. The van der Waals surface area contributed by atoms with Crippen LogP contribution < -0.4 is 9.47 Å². The van der Waals surface area contributed by atoms with Gasteiger partial charge in [0.2, 0.25) is 0 Å². The van der Waals surface area contributed by atoms with Crippen LogP contribution in [0.4, 0.5) is 0 Å². The van der Waals surface area contributed by atoms with Gasteiger partial charge in [0, 0.05) is 25.5 Å². The molecule has 5 heteroatoms. The number of aliphatic hydroxyl groups excluding tert-OH is 1.